The van der Waals surface area contributed by atoms with Crippen molar-refractivity contribution in [3.8, 4) is 11.6 Å². The van der Waals surface area contributed by atoms with Crippen LogP contribution in [0, 0.1) is 0 Å². The van der Waals surface area contributed by atoms with Gasteiger partial charge < -0.3 is 15.4 Å². The third kappa shape index (κ3) is 3.22. The monoisotopic (exact) mass is 347 g/mol. The Morgan fingerprint density at radius 1 is 1.33 bits per heavy atom. The van der Waals surface area contributed by atoms with Crippen molar-refractivity contribution in [3.05, 3.63) is 47.1 Å². The summed E-state index contributed by atoms with van der Waals surface area (Å²) in [6, 6.07) is 11.0. The third-order valence-corrected chi connectivity index (χ3v) is 3.70. The van der Waals surface area contributed by atoms with E-state index in [0.717, 1.165) is 10.2 Å². The second kappa shape index (κ2) is 5.83. The first-order chi connectivity index (χ1) is 10.1. The van der Waals surface area contributed by atoms with Crippen LogP contribution in [-0.4, -0.2) is 23.5 Å². The molecular weight excluding hydrogens is 334 g/mol. The number of hydrogen-bond donors (Lipinski definition) is 1. The average molecular weight is 348 g/mol. The van der Waals surface area contributed by atoms with Crippen LogP contribution in [0.1, 0.15) is 6.42 Å². The highest BCUT2D eigenvalue weighted by atomic mass is 79.9. The van der Waals surface area contributed by atoms with Gasteiger partial charge in [-0.3, -0.25) is 4.79 Å². The lowest BCUT2D eigenvalue weighted by Gasteiger charge is -2.15. The molecule has 0 spiro atoms. The second-order valence-electron chi connectivity index (χ2n) is 4.88. The number of anilines is 1. The number of amides is 1. The zero-order valence-electron chi connectivity index (χ0n) is 11.2. The largest absolute Gasteiger partial charge is 0.439 e. The molecule has 0 bridgehead atoms. The van der Waals surface area contributed by atoms with Crippen LogP contribution < -0.4 is 15.4 Å². The number of hydrogen-bond acceptors (Lipinski definition) is 4. The summed E-state index contributed by atoms with van der Waals surface area (Å²) >= 11 is 3.39. The van der Waals surface area contributed by atoms with E-state index >= 15 is 0 Å². The fourth-order valence-electron chi connectivity index (χ4n) is 2.23. The molecule has 1 atom stereocenters. The Labute approximate surface area is 130 Å². The van der Waals surface area contributed by atoms with E-state index in [0.29, 0.717) is 24.6 Å². The molecule has 1 aromatic carbocycles. The summed E-state index contributed by atoms with van der Waals surface area (Å²) in [4.78, 5) is 17.7. The predicted octanol–water partition coefficient (Wildman–Crippen LogP) is 2.70. The Hall–Kier alpha value is -1.92. The van der Waals surface area contributed by atoms with Crippen LogP contribution in [0.5, 0.6) is 11.6 Å². The summed E-state index contributed by atoms with van der Waals surface area (Å²) in [7, 11) is 0. The molecule has 1 fully saturated rings. The number of rotatable bonds is 3. The van der Waals surface area contributed by atoms with E-state index in [4.69, 9.17) is 10.5 Å². The van der Waals surface area contributed by atoms with Crippen molar-refractivity contribution >= 4 is 27.5 Å². The van der Waals surface area contributed by atoms with Gasteiger partial charge in [0.05, 0.1) is 11.9 Å². The number of carbonyl (C=O) groups is 1. The molecule has 1 unspecified atom stereocenters. The van der Waals surface area contributed by atoms with Crippen molar-refractivity contribution in [1.29, 1.82) is 0 Å². The zero-order valence-corrected chi connectivity index (χ0v) is 12.8. The van der Waals surface area contributed by atoms with Crippen molar-refractivity contribution in [1.82, 2.24) is 4.98 Å². The fraction of sp³-hybridized carbons (Fsp3) is 0.200. The summed E-state index contributed by atoms with van der Waals surface area (Å²) in [6.45, 7) is 0.534. The molecule has 108 valence electrons. The van der Waals surface area contributed by atoms with Crippen LogP contribution >= 0.6 is 15.9 Å². The highest BCUT2D eigenvalue weighted by Crippen LogP contribution is 2.25. The van der Waals surface area contributed by atoms with Crippen LogP contribution in [-0.2, 0) is 4.79 Å². The van der Waals surface area contributed by atoms with E-state index in [-0.39, 0.29) is 11.9 Å². The van der Waals surface area contributed by atoms with Crippen molar-refractivity contribution in [2.24, 2.45) is 5.73 Å². The molecule has 2 N–H and O–H groups in total. The van der Waals surface area contributed by atoms with E-state index in [1.54, 1.807) is 17.2 Å². The standard InChI is InChI=1S/C15H14BrN3O2/c16-10-2-1-3-13(6-10)21-14-5-4-12(8-18-14)19-9-11(17)7-15(19)20/h1-6,8,11H,7,9,17H2. The van der Waals surface area contributed by atoms with Gasteiger partial charge in [-0.05, 0) is 24.3 Å². The minimum absolute atomic E-state index is 0.0324. The minimum atomic E-state index is -0.102. The molecule has 0 radical (unpaired) electrons. The molecule has 5 nitrogen and oxygen atoms in total. The van der Waals surface area contributed by atoms with Crippen LogP contribution in [0.4, 0.5) is 5.69 Å². The Morgan fingerprint density at radius 2 is 2.19 bits per heavy atom. The summed E-state index contributed by atoms with van der Waals surface area (Å²) in [5.41, 5.74) is 6.53. The van der Waals surface area contributed by atoms with Gasteiger partial charge in [0.1, 0.15) is 5.75 Å². The van der Waals surface area contributed by atoms with Gasteiger partial charge in [-0.1, -0.05) is 22.0 Å². The van der Waals surface area contributed by atoms with E-state index in [2.05, 4.69) is 20.9 Å². The molecule has 1 saturated heterocycles. The second-order valence-corrected chi connectivity index (χ2v) is 5.80. The maximum Gasteiger partial charge on any atom is 0.228 e. The third-order valence-electron chi connectivity index (χ3n) is 3.21. The van der Waals surface area contributed by atoms with Crippen LogP contribution in [0.15, 0.2) is 47.1 Å². The number of carbonyl (C=O) groups excluding carboxylic acids is 1. The van der Waals surface area contributed by atoms with Gasteiger partial charge >= 0.3 is 0 Å². The van der Waals surface area contributed by atoms with Crippen molar-refractivity contribution in [2.45, 2.75) is 12.5 Å². The molecule has 1 aliphatic heterocycles. The minimum Gasteiger partial charge on any atom is -0.439 e. The Kier molecular flexibility index (Phi) is 3.90. The van der Waals surface area contributed by atoms with E-state index in [9.17, 15) is 4.79 Å². The topological polar surface area (TPSA) is 68.5 Å². The lowest BCUT2D eigenvalue weighted by molar-refractivity contribution is -0.117. The van der Waals surface area contributed by atoms with Gasteiger partial charge in [0, 0.05) is 29.5 Å². The number of nitrogens with two attached hydrogens (primary N) is 1. The summed E-state index contributed by atoms with van der Waals surface area (Å²) < 4.78 is 6.59. The number of benzene rings is 1. The maximum atomic E-state index is 11.8. The van der Waals surface area contributed by atoms with E-state index in [1.807, 2.05) is 30.3 Å². The highest BCUT2D eigenvalue weighted by Gasteiger charge is 2.28. The summed E-state index contributed by atoms with van der Waals surface area (Å²) in [6.07, 6.45) is 2.01. The quantitative estimate of drug-likeness (QED) is 0.926. The molecule has 21 heavy (non-hydrogen) atoms. The van der Waals surface area contributed by atoms with Gasteiger partial charge in [0.2, 0.25) is 11.8 Å². The number of aromatic nitrogens is 1. The van der Waals surface area contributed by atoms with Crippen LogP contribution in [0.25, 0.3) is 0 Å². The van der Waals surface area contributed by atoms with Crippen LogP contribution in [0.3, 0.4) is 0 Å². The first-order valence-electron chi connectivity index (χ1n) is 6.57. The lowest BCUT2D eigenvalue weighted by atomic mass is 10.3. The zero-order chi connectivity index (χ0) is 14.8. The van der Waals surface area contributed by atoms with Gasteiger partial charge in [0.25, 0.3) is 0 Å². The lowest BCUT2D eigenvalue weighted by Crippen LogP contribution is -2.27. The van der Waals surface area contributed by atoms with E-state index < -0.39 is 0 Å². The van der Waals surface area contributed by atoms with Gasteiger partial charge in [-0.2, -0.15) is 0 Å². The number of ether oxygens (including phenoxy) is 1. The molecule has 1 aliphatic rings. The fourth-order valence-corrected chi connectivity index (χ4v) is 2.61. The molecule has 1 amide bonds. The smallest absolute Gasteiger partial charge is 0.228 e. The first kappa shape index (κ1) is 14.0. The van der Waals surface area contributed by atoms with E-state index in [1.165, 1.54) is 0 Å². The molecule has 0 saturated carbocycles. The molecule has 3 rings (SSSR count). The van der Waals surface area contributed by atoms with Crippen molar-refractivity contribution in [3.63, 3.8) is 0 Å². The molecule has 1 aromatic heterocycles. The Morgan fingerprint density at radius 3 is 2.81 bits per heavy atom. The number of nitrogens with zero attached hydrogens (tertiary/aromatic N) is 2. The average Bonchev–Trinajstić information content (AvgIpc) is 2.79. The van der Waals surface area contributed by atoms with Gasteiger partial charge in [-0.15, -0.1) is 0 Å². The normalized spacial score (nSPS) is 18.1. The van der Waals surface area contributed by atoms with Gasteiger partial charge in [0.15, 0.2) is 0 Å². The maximum absolute atomic E-state index is 11.8. The number of pyridine rings is 1. The first-order valence-corrected chi connectivity index (χ1v) is 7.36. The molecule has 0 aliphatic carbocycles. The Balaban J connectivity index is 1.74. The molecular formula is C15H14BrN3O2. The molecule has 2 heterocycles. The summed E-state index contributed by atoms with van der Waals surface area (Å²) in [5.74, 6) is 1.21. The summed E-state index contributed by atoms with van der Waals surface area (Å²) in [5, 5.41) is 0. The predicted molar refractivity (Wildman–Crippen MR) is 83.4 cm³/mol. The number of halogens is 1. The van der Waals surface area contributed by atoms with Gasteiger partial charge in [-0.25, -0.2) is 4.98 Å². The Bertz CT molecular complexity index is 660. The SMILES string of the molecule is NC1CC(=O)N(c2ccc(Oc3cccc(Br)c3)nc2)C1. The van der Waals surface area contributed by atoms with Crippen molar-refractivity contribution in [2.75, 3.05) is 11.4 Å². The van der Waals surface area contributed by atoms with Crippen molar-refractivity contribution < 1.29 is 9.53 Å². The molecule has 2 aromatic rings. The molecule has 6 heteroatoms. The van der Waals surface area contributed by atoms with Crippen LogP contribution in [0.2, 0.25) is 0 Å². The highest BCUT2D eigenvalue weighted by molar-refractivity contribution is 9.10.